The van der Waals surface area contributed by atoms with Crippen molar-refractivity contribution in [1.29, 1.82) is 0 Å². The van der Waals surface area contributed by atoms with E-state index in [4.69, 9.17) is 9.63 Å². The van der Waals surface area contributed by atoms with Crippen molar-refractivity contribution in [1.82, 2.24) is 0 Å². The molecule has 0 aliphatic rings. The zero-order valence-corrected chi connectivity index (χ0v) is 12.5. The fourth-order valence-electron chi connectivity index (χ4n) is 1.49. The highest BCUT2D eigenvalue weighted by Crippen LogP contribution is 2.42. The van der Waals surface area contributed by atoms with E-state index in [1.807, 2.05) is 6.08 Å². The maximum Gasteiger partial charge on any atom is 0.359 e. The summed E-state index contributed by atoms with van der Waals surface area (Å²) < 4.78 is 17.0. The van der Waals surface area contributed by atoms with Crippen LogP contribution in [0.15, 0.2) is 48.8 Å². The molecule has 5 nitrogen and oxygen atoms in total. The van der Waals surface area contributed by atoms with E-state index in [1.165, 1.54) is 6.08 Å². The SMILES string of the molecule is CC(C)OP(=O)(O)c1ccc(NC/C=C/C=C\O)cc1. The van der Waals surface area contributed by atoms with E-state index < -0.39 is 7.60 Å². The number of anilines is 1. The molecular formula is C14H20NO4P. The van der Waals surface area contributed by atoms with E-state index in [0.717, 1.165) is 11.9 Å². The van der Waals surface area contributed by atoms with Gasteiger partial charge >= 0.3 is 7.60 Å². The maximum absolute atomic E-state index is 11.9. The van der Waals surface area contributed by atoms with E-state index in [2.05, 4.69) is 5.32 Å². The molecule has 1 aromatic carbocycles. The third kappa shape index (κ3) is 5.61. The van der Waals surface area contributed by atoms with Gasteiger partial charge in [-0.15, -0.1) is 0 Å². The fourth-order valence-corrected chi connectivity index (χ4v) is 2.71. The lowest BCUT2D eigenvalue weighted by Crippen LogP contribution is -2.11. The van der Waals surface area contributed by atoms with Gasteiger partial charge in [-0.2, -0.15) is 0 Å². The van der Waals surface area contributed by atoms with Crippen LogP contribution in [-0.2, 0) is 9.09 Å². The van der Waals surface area contributed by atoms with E-state index in [0.29, 0.717) is 6.54 Å². The molecule has 3 N–H and O–H groups in total. The largest absolute Gasteiger partial charge is 0.516 e. The molecule has 0 aliphatic heterocycles. The highest BCUT2D eigenvalue weighted by molar-refractivity contribution is 7.61. The zero-order chi connectivity index (χ0) is 15.0. The minimum Gasteiger partial charge on any atom is -0.516 e. The van der Waals surface area contributed by atoms with Gasteiger partial charge < -0.3 is 19.8 Å². The second kappa shape index (κ2) is 7.90. The van der Waals surface area contributed by atoms with E-state index in [9.17, 15) is 9.46 Å². The first-order valence-electron chi connectivity index (χ1n) is 6.27. The van der Waals surface area contributed by atoms with Crippen LogP contribution in [0.3, 0.4) is 0 Å². The molecule has 0 radical (unpaired) electrons. The Balaban J connectivity index is 2.62. The summed E-state index contributed by atoms with van der Waals surface area (Å²) in [4.78, 5) is 9.79. The summed E-state index contributed by atoms with van der Waals surface area (Å²) in [5.41, 5.74) is 0.830. The van der Waals surface area contributed by atoms with Gasteiger partial charge in [0.2, 0.25) is 0 Å². The van der Waals surface area contributed by atoms with Gasteiger partial charge in [0.15, 0.2) is 0 Å². The van der Waals surface area contributed by atoms with Gasteiger partial charge in [-0.1, -0.05) is 12.2 Å². The normalized spacial score (nSPS) is 15.0. The van der Waals surface area contributed by atoms with Gasteiger partial charge in [0.25, 0.3) is 0 Å². The summed E-state index contributed by atoms with van der Waals surface area (Å²) in [6.07, 6.45) is 5.70. The van der Waals surface area contributed by atoms with Crippen LogP contribution in [0.2, 0.25) is 0 Å². The Bertz CT molecular complexity index is 508. The Labute approximate surface area is 119 Å². The molecule has 0 aromatic heterocycles. The smallest absolute Gasteiger partial charge is 0.359 e. The molecule has 0 aliphatic carbocycles. The molecule has 1 rings (SSSR count). The molecule has 110 valence electrons. The average molecular weight is 297 g/mol. The lowest BCUT2D eigenvalue weighted by molar-refractivity contribution is 0.212. The van der Waals surface area contributed by atoms with Crippen LogP contribution in [0.4, 0.5) is 5.69 Å². The first-order valence-corrected chi connectivity index (χ1v) is 7.85. The van der Waals surface area contributed by atoms with Crippen molar-refractivity contribution in [3.05, 3.63) is 48.8 Å². The Hall–Kier alpha value is -1.55. The Kier molecular flexibility index (Phi) is 6.52. The summed E-state index contributed by atoms with van der Waals surface area (Å²) >= 11 is 0. The van der Waals surface area contributed by atoms with Gasteiger partial charge in [-0.05, 0) is 44.2 Å². The Morgan fingerprint density at radius 2 is 1.95 bits per heavy atom. The predicted octanol–water partition coefficient (Wildman–Crippen LogP) is 2.96. The number of hydrogen-bond donors (Lipinski definition) is 3. The minimum absolute atomic E-state index is 0.274. The molecule has 0 heterocycles. The predicted molar refractivity (Wildman–Crippen MR) is 81.5 cm³/mol. The topological polar surface area (TPSA) is 78.8 Å². The van der Waals surface area contributed by atoms with E-state index in [1.54, 1.807) is 44.2 Å². The first kappa shape index (κ1) is 16.5. The van der Waals surface area contributed by atoms with E-state index >= 15 is 0 Å². The molecular weight excluding hydrogens is 277 g/mol. The molecule has 0 amide bonds. The number of allylic oxidation sites excluding steroid dienone is 2. The number of benzene rings is 1. The molecule has 1 aromatic rings. The molecule has 0 spiro atoms. The van der Waals surface area contributed by atoms with E-state index in [-0.39, 0.29) is 11.4 Å². The Morgan fingerprint density at radius 1 is 1.30 bits per heavy atom. The highest BCUT2D eigenvalue weighted by Gasteiger charge is 2.23. The third-order valence-corrected chi connectivity index (χ3v) is 3.96. The molecule has 0 bridgehead atoms. The summed E-state index contributed by atoms with van der Waals surface area (Å²) in [5, 5.41) is 11.8. The minimum atomic E-state index is -3.74. The van der Waals surface area contributed by atoms with Crippen LogP contribution in [0, 0.1) is 0 Å². The van der Waals surface area contributed by atoms with Crippen LogP contribution in [0.5, 0.6) is 0 Å². The molecule has 1 unspecified atom stereocenters. The zero-order valence-electron chi connectivity index (χ0n) is 11.6. The van der Waals surface area contributed by atoms with Crippen molar-refractivity contribution in [2.45, 2.75) is 20.0 Å². The Morgan fingerprint density at radius 3 is 2.50 bits per heavy atom. The number of nitrogens with one attached hydrogen (secondary N) is 1. The first-order chi connectivity index (χ1) is 9.45. The van der Waals surface area contributed by atoms with Crippen molar-refractivity contribution >= 4 is 18.6 Å². The van der Waals surface area contributed by atoms with Crippen LogP contribution < -0.4 is 10.6 Å². The van der Waals surface area contributed by atoms with Crippen molar-refractivity contribution in [2.24, 2.45) is 0 Å². The van der Waals surface area contributed by atoms with Gasteiger partial charge in [-0.25, -0.2) is 0 Å². The summed E-state index contributed by atoms with van der Waals surface area (Å²) in [7, 11) is -3.74. The van der Waals surface area contributed by atoms with Gasteiger partial charge in [-0.3, -0.25) is 4.57 Å². The number of aliphatic hydroxyl groups is 1. The number of rotatable bonds is 7. The average Bonchev–Trinajstić information content (AvgIpc) is 2.37. The van der Waals surface area contributed by atoms with Gasteiger partial charge in [0, 0.05) is 12.2 Å². The highest BCUT2D eigenvalue weighted by atomic mass is 31.2. The second-order valence-corrected chi connectivity index (χ2v) is 6.14. The number of hydrogen-bond acceptors (Lipinski definition) is 4. The van der Waals surface area contributed by atoms with Crippen LogP contribution >= 0.6 is 7.60 Å². The maximum atomic E-state index is 11.9. The summed E-state index contributed by atoms with van der Waals surface area (Å²) in [5.74, 6) is 0. The molecule has 1 atom stereocenters. The molecule has 0 saturated heterocycles. The summed E-state index contributed by atoms with van der Waals surface area (Å²) in [6, 6.07) is 6.58. The summed E-state index contributed by atoms with van der Waals surface area (Å²) in [6.45, 7) is 4.01. The lowest BCUT2D eigenvalue weighted by atomic mass is 10.3. The molecule has 0 fully saturated rings. The third-order valence-electron chi connectivity index (χ3n) is 2.30. The van der Waals surface area contributed by atoms with Crippen molar-refractivity contribution in [3.63, 3.8) is 0 Å². The van der Waals surface area contributed by atoms with Crippen LogP contribution in [-0.4, -0.2) is 22.6 Å². The quantitative estimate of drug-likeness (QED) is 0.410. The molecule has 6 heteroatoms. The van der Waals surface area contributed by atoms with Crippen LogP contribution in [0.1, 0.15) is 13.8 Å². The number of aliphatic hydroxyl groups excluding tert-OH is 1. The second-order valence-electron chi connectivity index (χ2n) is 4.37. The van der Waals surface area contributed by atoms with Crippen molar-refractivity contribution in [3.8, 4) is 0 Å². The fraction of sp³-hybridized carbons (Fsp3) is 0.286. The van der Waals surface area contributed by atoms with Gasteiger partial charge in [0.05, 0.1) is 17.7 Å². The van der Waals surface area contributed by atoms with Crippen LogP contribution in [0.25, 0.3) is 0 Å². The monoisotopic (exact) mass is 297 g/mol. The standard InChI is InChI=1S/C14H20NO4P/c1-12(2)19-20(17,18)14-8-6-13(7-9-14)15-10-4-3-5-11-16/h3-9,11-12,15-16H,10H2,1-2H3,(H,17,18)/b4-3+,11-5-. The van der Waals surface area contributed by atoms with Gasteiger partial charge in [0.1, 0.15) is 0 Å². The van der Waals surface area contributed by atoms with Crippen molar-refractivity contribution < 1.29 is 19.1 Å². The molecule has 20 heavy (non-hydrogen) atoms. The lowest BCUT2D eigenvalue weighted by Gasteiger charge is -2.15. The molecule has 0 saturated carbocycles. The van der Waals surface area contributed by atoms with Crippen molar-refractivity contribution in [2.75, 3.05) is 11.9 Å².